The molecule has 2 N–H and O–H groups in total. The van der Waals surface area contributed by atoms with Crippen molar-refractivity contribution in [2.24, 2.45) is 11.1 Å². The van der Waals surface area contributed by atoms with Crippen LogP contribution in [0.3, 0.4) is 0 Å². The lowest BCUT2D eigenvalue weighted by atomic mass is 9.73. The minimum atomic E-state index is 0.225. The minimum absolute atomic E-state index is 0.225. The van der Waals surface area contributed by atoms with Crippen LogP contribution >= 0.6 is 11.8 Å². The van der Waals surface area contributed by atoms with Crippen LogP contribution in [0.4, 0.5) is 0 Å². The van der Waals surface area contributed by atoms with Gasteiger partial charge in [0.25, 0.3) is 5.22 Å². The highest BCUT2D eigenvalue weighted by molar-refractivity contribution is 7.99. The largest absolute Gasteiger partial charge is 0.440 e. The van der Waals surface area contributed by atoms with Crippen LogP contribution in [-0.2, 0) is 0 Å². The summed E-state index contributed by atoms with van der Waals surface area (Å²) in [7, 11) is 0. The quantitative estimate of drug-likeness (QED) is 0.842. The summed E-state index contributed by atoms with van der Waals surface area (Å²) < 4.78 is 5.25. The van der Waals surface area contributed by atoms with E-state index in [0.29, 0.717) is 5.25 Å². The number of aromatic nitrogens is 1. The van der Waals surface area contributed by atoms with Gasteiger partial charge in [0.1, 0.15) is 6.26 Å². The summed E-state index contributed by atoms with van der Waals surface area (Å²) in [4.78, 5) is 4.13. The lowest BCUT2D eigenvalue weighted by molar-refractivity contribution is 0.208. The molecule has 0 aromatic carbocycles. The molecule has 1 aromatic rings. The van der Waals surface area contributed by atoms with Crippen molar-refractivity contribution in [3.8, 4) is 0 Å². The highest BCUT2D eigenvalue weighted by atomic mass is 32.2. The molecule has 1 aliphatic carbocycles. The second-order valence-electron chi connectivity index (χ2n) is 4.86. The van der Waals surface area contributed by atoms with Crippen molar-refractivity contribution < 1.29 is 4.42 Å². The molecule has 15 heavy (non-hydrogen) atoms. The molecule has 2 rings (SSSR count). The number of rotatable bonds is 2. The highest BCUT2D eigenvalue weighted by Gasteiger charge is 2.37. The predicted molar refractivity (Wildman–Crippen MR) is 61.8 cm³/mol. The number of nitrogens with zero attached hydrogens (tertiary/aromatic N) is 1. The Morgan fingerprint density at radius 2 is 2.40 bits per heavy atom. The summed E-state index contributed by atoms with van der Waals surface area (Å²) in [5.41, 5.74) is 6.52. The van der Waals surface area contributed by atoms with Gasteiger partial charge in [0.2, 0.25) is 0 Å². The van der Waals surface area contributed by atoms with Gasteiger partial charge in [-0.3, -0.25) is 0 Å². The average Bonchev–Trinajstić information content (AvgIpc) is 2.65. The fraction of sp³-hybridized carbons (Fsp3) is 0.727. The number of hydrogen-bond donors (Lipinski definition) is 1. The van der Waals surface area contributed by atoms with Gasteiger partial charge in [0.15, 0.2) is 0 Å². The summed E-state index contributed by atoms with van der Waals surface area (Å²) in [6.45, 7) is 4.50. The smallest absolute Gasteiger partial charge is 0.255 e. The van der Waals surface area contributed by atoms with Crippen molar-refractivity contribution in [2.45, 2.75) is 49.6 Å². The first kappa shape index (κ1) is 11.0. The van der Waals surface area contributed by atoms with Gasteiger partial charge in [-0.2, -0.15) is 0 Å². The first-order valence-electron chi connectivity index (χ1n) is 5.41. The van der Waals surface area contributed by atoms with Gasteiger partial charge >= 0.3 is 0 Å². The molecule has 1 fully saturated rings. The second-order valence-corrected chi connectivity index (χ2v) is 6.05. The first-order chi connectivity index (χ1) is 7.09. The van der Waals surface area contributed by atoms with E-state index in [1.807, 2.05) is 0 Å². The predicted octanol–water partition coefficient (Wildman–Crippen LogP) is 2.67. The minimum Gasteiger partial charge on any atom is -0.440 e. The van der Waals surface area contributed by atoms with E-state index in [1.54, 1.807) is 24.2 Å². The molecular formula is C11H18N2OS. The van der Waals surface area contributed by atoms with Crippen LogP contribution < -0.4 is 5.73 Å². The Morgan fingerprint density at radius 1 is 1.60 bits per heavy atom. The molecule has 1 heterocycles. The maximum absolute atomic E-state index is 6.28. The van der Waals surface area contributed by atoms with E-state index in [1.165, 1.54) is 12.8 Å². The van der Waals surface area contributed by atoms with Gasteiger partial charge in [-0.25, -0.2) is 4.98 Å². The van der Waals surface area contributed by atoms with Crippen LogP contribution in [0.2, 0.25) is 0 Å². The maximum Gasteiger partial charge on any atom is 0.255 e. The summed E-state index contributed by atoms with van der Waals surface area (Å²) in [5.74, 6) is 0. The zero-order chi connectivity index (χ0) is 10.9. The molecule has 1 aliphatic rings. The monoisotopic (exact) mass is 226 g/mol. The Hall–Kier alpha value is -0.480. The SMILES string of the molecule is CC1(C)CCCC(Sc2ncco2)C1N. The van der Waals surface area contributed by atoms with E-state index in [2.05, 4.69) is 18.8 Å². The van der Waals surface area contributed by atoms with E-state index < -0.39 is 0 Å². The lowest BCUT2D eigenvalue weighted by Gasteiger charge is -2.40. The van der Waals surface area contributed by atoms with Gasteiger partial charge in [0, 0.05) is 11.3 Å². The van der Waals surface area contributed by atoms with Crippen LogP contribution in [-0.4, -0.2) is 16.3 Å². The summed E-state index contributed by atoms with van der Waals surface area (Å²) >= 11 is 1.68. The van der Waals surface area contributed by atoms with Crippen molar-refractivity contribution >= 4 is 11.8 Å². The fourth-order valence-corrected chi connectivity index (χ4v) is 3.43. The van der Waals surface area contributed by atoms with E-state index in [-0.39, 0.29) is 11.5 Å². The van der Waals surface area contributed by atoms with Crippen LogP contribution in [0.25, 0.3) is 0 Å². The molecule has 2 unspecified atom stereocenters. The average molecular weight is 226 g/mol. The molecular weight excluding hydrogens is 208 g/mol. The first-order valence-corrected chi connectivity index (χ1v) is 6.29. The summed E-state index contributed by atoms with van der Waals surface area (Å²) in [6, 6.07) is 0.225. The maximum atomic E-state index is 6.28. The van der Waals surface area contributed by atoms with Gasteiger partial charge in [0.05, 0.1) is 6.20 Å². The molecule has 3 nitrogen and oxygen atoms in total. The zero-order valence-electron chi connectivity index (χ0n) is 9.27. The van der Waals surface area contributed by atoms with E-state index in [0.717, 1.165) is 11.6 Å². The molecule has 84 valence electrons. The Morgan fingerprint density at radius 3 is 3.07 bits per heavy atom. The Balaban J connectivity index is 2.03. The third kappa shape index (κ3) is 2.37. The molecule has 1 aromatic heterocycles. The van der Waals surface area contributed by atoms with Gasteiger partial charge in [-0.05, 0) is 18.3 Å². The second kappa shape index (κ2) is 4.18. The zero-order valence-corrected chi connectivity index (χ0v) is 10.1. The molecule has 0 saturated heterocycles. The van der Waals surface area contributed by atoms with Gasteiger partial charge < -0.3 is 10.2 Å². The third-order valence-corrected chi connectivity index (χ3v) is 4.51. The number of nitrogens with two attached hydrogens (primary N) is 1. The lowest BCUT2D eigenvalue weighted by Crippen LogP contribution is -2.48. The molecule has 0 spiro atoms. The van der Waals surface area contributed by atoms with Crippen LogP contribution in [0.15, 0.2) is 22.1 Å². The molecule has 4 heteroatoms. The van der Waals surface area contributed by atoms with Crippen molar-refractivity contribution in [3.63, 3.8) is 0 Å². The van der Waals surface area contributed by atoms with Gasteiger partial charge in [-0.15, -0.1) is 0 Å². The number of thioether (sulfide) groups is 1. The van der Waals surface area contributed by atoms with E-state index in [4.69, 9.17) is 10.2 Å². The van der Waals surface area contributed by atoms with E-state index in [9.17, 15) is 0 Å². The van der Waals surface area contributed by atoms with Gasteiger partial charge in [-0.1, -0.05) is 32.0 Å². The van der Waals surface area contributed by atoms with Crippen LogP contribution in [0.1, 0.15) is 33.1 Å². The van der Waals surface area contributed by atoms with Crippen molar-refractivity contribution in [1.29, 1.82) is 0 Å². The molecule has 2 atom stereocenters. The molecule has 0 radical (unpaired) electrons. The standard InChI is InChI=1S/C11H18N2OS/c1-11(2)5-3-4-8(9(11)12)15-10-13-6-7-14-10/h6-9H,3-5,12H2,1-2H3. The fourth-order valence-electron chi connectivity index (χ4n) is 2.14. The topological polar surface area (TPSA) is 52.0 Å². The summed E-state index contributed by atoms with van der Waals surface area (Å²) in [5, 5.41) is 1.18. The normalized spacial score (nSPS) is 30.3. The van der Waals surface area contributed by atoms with Crippen molar-refractivity contribution in [2.75, 3.05) is 0 Å². The molecule has 0 amide bonds. The van der Waals surface area contributed by atoms with Crippen LogP contribution in [0, 0.1) is 5.41 Å². The Kier molecular flexibility index (Phi) is 3.07. The van der Waals surface area contributed by atoms with E-state index >= 15 is 0 Å². The number of oxazole rings is 1. The molecule has 0 aliphatic heterocycles. The number of hydrogen-bond acceptors (Lipinski definition) is 4. The van der Waals surface area contributed by atoms with Crippen molar-refractivity contribution in [3.05, 3.63) is 12.5 Å². The highest BCUT2D eigenvalue weighted by Crippen LogP contribution is 2.41. The Bertz CT molecular complexity index is 310. The Labute approximate surface area is 94.8 Å². The molecule has 1 saturated carbocycles. The summed E-state index contributed by atoms with van der Waals surface area (Å²) in [6.07, 6.45) is 6.93. The van der Waals surface area contributed by atoms with Crippen LogP contribution in [0.5, 0.6) is 0 Å². The van der Waals surface area contributed by atoms with Crippen molar-refractivity contribution in [1.82, 2.24) is 4.98 Å². The third-order valence-electron chi connectivity index (χ3n) is 3.27. The molecule has 0 bridgehead atoms.